The number of fused-ring (bicyclic) bond motifs is 1. The lowest BCUT2D eigenvalue weighted by Crippen LogP contribution is -2.18. The predicted molar refractivity (Wildman–Crippen MR) is 123 cm³/mol. The van der Waals surface area contributed by atoms with Crippen LogP contribution in [-0.4, -0.2) is 47.5 Å². The van der Waals surface area contributed by atoms with Gasteiger partial charge in [0.1, 0.15) is 17.6 Å². The lowest BCUT2D eigenvalue weighted by molar-refractivity contribution is -0.0390. The quantitative estimate of drug-likeness (QED) is 0.251. The van der Waals surface area contributed by atoms with Crippen LogP contribution in [0.5, 0.6) is 0 Å². The van der Waals surface area contributed by atoms with E-state index in [0.717, 1.165) is 19.3 Å². The number of halogens is 3. The van der Waals surface area contributed by atoms with E-state index in [0.29, 0.717) is 28.1 Å². The minimum Gasteiger partial charge on any atom is -0.369 e. The number of ketones is 1. The van der Waals surface area contributed by atoms with Gasteiger partial charge in [-0.25, -0.2) is 14.1 Å². The number of benzene rings is 2. The van der Waals surface area contributed by atoms with Gasteiger partial charge in [-0.2, -0.15) is 5.10 Å². The number of carbonyl (C=O) groups is 1. The average Bonchev–Trinajstić information content (AvgIpc) is 3.21. The second-order valence-corrected chi connectivity index (χ2v) is 8.87. The largest absolute Gasteiger partial charge is 0.369 e. The smallest absolute Gasteiger partial charge is 0.195 e. The molecule has 0 radical (unpaired) electrons. The molecular formula is C22H21BrClFN4O2. The number of hydrogen-bond donors (Lipinski definition) is 0. The molecule has 0 aliphatic carbocycles. The fourth-order valence-electron chi connectivity index (χ4n) is 3.52. The third-order valence-electron chi connectivity index (χ3n) is 5.05. The van der Waals surface area contributed by atoms with Gasteiger partial charge in [-0.15, -0.1) is 0 Å². The van der Waals surface area contributed by atoms with Crippen molar-refractivity contribution in [2.24, 2.45) is 4.99 Å². The summed E-state index contributed by atoms with van der Waals surface area (Å²) in [6.07, 6.45) is 6.07. The Hall–Kier alpha value is -2.29. The van der Waals surface area contributed by atoms with Crippen molar-refractivity contribution in [1.82, 2.24) is 14.7 Å². The fourth-order valence-corrected chi connectivity index (χ4v) is 4.06. The molecule has 0 saturated carbocycles. The van der Waals surface area contributed by atoms with Crippen LogP contribution >= 0.6 is 27.5 Å². The maximum absolute atomic E-state index is 14.2. The molecule has 9 heteroatoms. The second-order valence-electron chi connectivity index (χ2n) is 7.61. The van der Waals surface area contributed by atoms with Gasteiger partial charge in [0, 0.05) is 49.5 Å². The number of carbonyl (C=O) groups excluding carboxylic acids is 1. The zero-order valence-electron chi connectivity index (χ0n) is 17.1. The molecule has 1 fully saturated rings. The topological polar surface area (TPSA) is 59.7 Å². The summed E-state index contributed by atoms with van der Waals surface area (Å²) in [5.74, 6) is -0.789. The SMILES string of the molecule is CN(C)/C=N/c1cc(F)c(Br)cc1C(=O)c1ccc(Cl)c2nn(C3CCCCO3)cc12. The standard InChI is InChI=1S/C22H21BrClFN4O2/c1-28(2)12-26-19-10-18(25)16(23)9-14(19)22(30)13-6-7-17(24)21-15(13)11-29(27-21)20-5-3-4-8-31-20/h6-7,9-12,20H,3-5,8H2,1-2H3/b26-12+. The summed E-state index contributed by atoms with van der Waals surface area (Å²) in [7, 11) is 3.59. The van der Waals surface area contributed by atoms with Crippen molar-refractivity contribution < 1.29 is 13.9 Å². The van der Waals surface area contributed by atoms with Gasteiger partial charge in [0.2, 0.25) is 0 Å². The molecule has 1 aliphatic heterocycles. The number of ether oxygens (including phenoxy) is 1. The summed E-state index contributed by atoms with van der Waals surface area (Å²) in [5, 5.41) is 5.66. The first-order valence-corrected chi connectivity index (χ1v) is 11.1. The highest BCUT2D eigenvalue weighted by Gasteiger charge is 2.23. The van der Waals surface area contributed by atoms with Crippen LogP contribution in [-0.2, 0) is 4.74 Å². The van der Waals surface area contributed by atoms with Gasteiger partial charge < -0.3 is 9.64 Å². The molecule has 0 spiro atoms. The van der Waals surface area contributed by atoms with Gasteiger partial charge in [0.05, 0.1) is 21.5 Å². The van der Waals surface area contributed by atoms with Crippen LogP contribution in [0.3, 0.4) is 0 Å². The van der Waals surface area contributed by atoms with E-state index in [2.05, 4.69) is 26.0 Å². The van der Waals surface area contributed by atoms with Gasteiger partial charge in [-0.3, -0.25) is 4.79 Å². The molecule has 162 valence electrons. The Labute approximate surface area is 192 Å². The van der Waals surface area contributed by atoms with E-state index in [-0.39, 0.29) is 27.7 Å². The Kier molecular flexibility index (Phi) is 6.41. The van der Waals surface area contributed by atoms with E-state index in [1.807, 2.05) is 0 Å². The molecule has 1 saturated heterocycles. The van der Waals surface area contributed by atoms with Crippen molar-refractivity contribution in [3.8, 4) is 0 Å². The molecule has 31 heavy (non-hydrogen) atoms. The third-order valence-corrected chi connectivity index (χ3v) is 5.96. The molecule has 0 amide bonds. The van der Waals surface area contributed by atoms with Crippen molar-refractivity contribution >= 4 is 56.2 Å². The molecule has 3 aromatic rings. The zero-order chi connectivity index (χ0) is 22.1. The second kappa shape index (κ2) is 9.06. The van der Waals surface area contributed by atoms with Crippen molar-refractivity contribution in [2.45, 2.75) is 25.5 Å². The summed E-state index contributed by atoms with van der Waals surface area (Å²) in [6, 6.07) is 6.01. The maximum atomic E-state index is 14.2. The van der Waals surface area contributed by atoms with Crippen LogP contribution in [0.2, 0.25) is 5.02 Å². The first-order chi connectivity index (χ1) is 14.8. The highest BCUT2D eigenvalue weighted by Crippen LogP contribution is 2.33. The van der Waals surface area contributed by atoms with Crippen LogP contribution < -0.4 is 0 Å². The van der Waals surface area contributed by atoms with E-state index in [9.17, 15) is 9.18 Å². The van der Waals surface area contributed by atoms with Crippen LogP contribution in [0.15, 0.2) is 39.9 Å². The van der Waals surface area contributed by atoms with Gasteiger partial charge in [0.25, 0.3) is 0 Å². The molecule has 0 N–H and O–H groups in total. The Bertz CT molecular complexity index is 1170. The lowest BCUT2D eigenvalue weighted by Gasteiger charge is -2.22. The van der Waals surface area contributed by atoms with Gasteiger partial charge >= 0.3 is 0 Å². The molecule has 1 aromatic heterocycles. The summed E-state index contributed by atoms with van der Waals surface area (Å²) in [5.41, 5.74) is 1.46. The van der Waals surface area contributed by atoms with E-state index in [4.69, 9.17) is 16.3 Å². The molecule has 1 atom stereocenters. The van der Waals surface area contributed by atoms with E-state index >= 15 is 0 Å². The van der Waals surface area contributed by atoms with E-state index < -0.39 is 5.82 Å². The lowest BCUT2D eigenvalue weighted by atomic mass is 9.99. The number of aliphatic imine (C=N–C) groups is 1. The molecular weight excluding hydrogens is 487 g/mol. The summed E-state index contributed by atoms with van der Waals surface area (Å²) < 4.78 is 21.9. The van der Waals surface area contributed by atoms with Crippen molar-refractivity contribution in [3.05, 3.63) is 56.9 Å². The monoisotopic (exact) mass is 506 g/mol. The molecule has 4 rings (SSSR count). The van der Waals surface area contributed by atoms with Crippen molar-refractivity contribution in [1.29, 1.82) is 0 Å². The first-order valence-electron chi connectivity index (χ1n) is 9.88. The summed E-state index contributed by atoms with van der Waals surface area (Å²) in [4.78, 5) is 19.5. The Balaban J connectivity index is 1.82. The highest BCUT2D eigenvalue weighted by atomic mass is 79.9. The molecule has 1 aliphatic rings. The average molecular weight is 508 g/mol. The normalized spacial score (nSPS) is 16.9. The zero-order valence-corrected chi connectivity index (χ0v) is 19.5. The molecule has 2 aromatic carbocycles. The van der Waals surface area contributed by atoms with Crippen LogP contribution in [0.25, 0.3) is 10.9 Å². The molecule has 0 bridgehead atoms. The minimum atomic E-state index is -0.494. The molecule has 6 nitrogen and oxygen atoms in total. The number of nitrogens with zero attached hydrogens (tertiary/aromatic N) is 4. The van der Waals surface area contributed by atoms with E-state index in [1.54, 1.807) is 42.0 Å². The summed E-state index contributed by atoms with van der Waals surface area (Å²) >= 11 is 9.55. The van der Waals surface area contributed by atoms with Crippen molar-refractivity contribution in [2.75, 3.05) is 20.7 Å². The Morgan fingerprint density at radius 1 is 1.35 bits per heavy atom. The van der Waals surface area contributed by atoms with Crippen molar-refractivity contribution in [3.63, 3.8) is 0 Å². The van der Waals surface area contributed by atoms with Gasteiger partial charge in [0.15, 0.2) is 5.78 Å². The van der Waals surface area contributed by atoms with E-state index in [1.165, 1.54) is 18.5 Å². The van der Waals surface area contributed by atoms with Gasteiger partial charge in [-0.1, -0.05) is 11.6 Å². The first kappa shape index (κ1) is 21.9. The van der Waals surface area contributed by atoms with Crippen LogP contribution in [0, 0.1) is 5.82 Å². The molecule has 1 unspecified atom stereocenters. The highest BCUT2D eigenvalue weighted by molar-refractivity contribution is 9.10. The number of hydrogen-bond acceptors (Lipinski definition) is 4. The Morgan fingerprint density at radius 3 is 2.87 bits per heavy atom. The van der Waals surface area contributed by atoms with Crippen LogP contribution in [0.4, 0.5) is 10.1 Å². The van der Waals surface area contributed by atoms with Gasteiger partial charge in [-0.05, 0) is 53.4 Å². The summed E-state index contributed by atoms with van der Waals surface area (Å²) in [6.45, 7) is 0.678. The number of rotatable bonds is 5. The number of aromatic nitrogens is 2. The minimum absolute atomic E-state index is 0.180. The van der Waals surface area contributed by atoms with Crippen LogP contribution in [0.1, 0.15) is 41.4 Å². The predicted octanol–water partition coefficient (Wildman–Crippen LogP) is 5.74. The third kappa shape index (κ3) is 4.51. The Morgan fingerprint density at radius 2 is 2.16 bits per heavy atom. The maximum Gasteiger partial charge on any atom is 0.195 e. The molecule has 2 heterocycles. The fraction of sp³-hybridized carbons (Fsp3) is 0.318.